The summed E-state index contributed by atoms with van der Waals surface area (Å²) in [6.45, 7) is 3.36. The minimum Gasteiger partial charge on any atom is -0.378 e. The molecule has 29 heavy (non-hydrogen) atoms. The van der Waals surface area contributed by atoms with Gasteiger partial charge in [0.05, 0.1) is 30.4 Å². The molecule has 1 amide bonds. The smallest absolute Gasteiger partial charge is 0.261 e. The molecule has 1 aromatic heterocycles. The zero-order valence-electron chi connectivity index (χ0n) is 15.8. The van der Waals surface area contributed by atoms with E-state index < -0.39 is 0 Å². The molecule has 3 aromatic rings. The number of rotatable bonds is 5. The van der Waals surface area contributed by atoms with Crippen LogP contribution in [0.15, 0.2) is 58.1 Å². The molecule has 1 N–H and O–H groups in total. The van der Waals surface area contributed by atoms with Gasteiger partial charge in [0.2, 0.25) is 5.91 Å². The van der Waals surface area contributed by atoms with Gasteiger partial charge in [-0.2, -0.15) is 0 Å². The summed E-state index contributed by atoms with van der Waals surface area (Å²) in [7, 11) is 0. The zero-order chi connectivity index (χ0) is 20.2. The number of hydrogen-bond donors (Lipinski definition) is 1. The Hall–Kier alpha value is -2.71. The second-order valence-corrected chi connectivity index (χ2v) is 7.77. The number of halogens is 1. The normalized spacial score (nSPS) is 14.2. The summed E-state index contributed by atoms with van der Waals surface area (Å²) in [5.41, 5.74) is 2.29. The molecule has 2 aromatic carbocycles. The minimum atomic E-state index is -0.154. The monoisotopic (exact) mass is 456 g/mol. The zero-order valence-corrected chi connectivity index (χ0v) is 17.4. The predicted octanol–water partition coefficient (Wildman–Crippen LogP) is 3.02. The molecule has 0 atom stereocenters. The molecule has 0 aliphatic carbocycles. The van der Waals surface area contributed by atoms with Crippen LogP contribution in [0, 0.1) is 0 Å². The molecule has 0 unspecified atom stereocenters. The average Bonchev–Trinajstić information content (AvgIpc) is 2.74. The maximum Gasteiger partial charge on any atom is 0.261 e. The summed E-state index contributed by atoms with van der Waals surface area (Å²) in [4.78, 5) is 31.6. The Morgan fingerprint density at radius 2 is 2.00 bits per heavy atom. The van der Waals surface area contributed by atoms with Gasteiger partial charge in [0, 0.05) is 41.9 Å². The van der Waals surface area contributed by atoms with E-state index in [9.17, 15) is 9.59 Å². The first kappa shape index (κ1) is 19.6. The maximum absolute atomic E-state index is 12.6. The number of nitrogens with zero attached hydrogens (tertiary/aromatic N) is 3. The third-order valence-corrected chi connectivity index (χ3v) is 5.37. The van der Waals surface area contributed by atoms with E-state index in [4.69, 9.17) is 4.74 Å². The van der Waals surface area contributed by atoms with E-state index in [0.29, 0.717) is 24.1 Å². The van der Waals surface area contributed by atoms with E-state index in [1.54, 1.807) is 12.1 Å². The summed E-state index contributed by atoms with van der Waals surface area (Å²) < 4.78 is 7.68. The number of fused-ring (bicyclic) bond motifs is 1. The molecule has 150 valence electrons. The second-order valence-electron chi connectivity index (χ2n) is 6.85. The highest BCUT2D eigenvalue weighted by Crippen LogP contribution is 2.20. The van der Waals surface area contributed by atoms with Crippen molar-refractivity contribution in [3.05, 3.63) is 63.6 Å². The molecule has 1 aliphatic rings. The Bertz CT molecular complexity index is 1090. The van der Waals surface area contributed by atoms with Gasteiger partial charge in [0.15, 0.2) is 0 Å². The van der Waals surface area contributed by atoms with Crippen LogP contribution >= 0.6 is 15.9 Å². The van der Waals surface area contributed by atoms with Crippen LogP contribution in [0.25, 0.3) is 10.9 Å². The average molecular weight is 457 g/mol. The number of benzene rings is 2. The number of aryl methyl sites for hydroxylation is 1. The van der Waals surface area contributed by atoms with Crippen LogP contribution in [0.2, 0.25) is 0 Å². The number of morpholine rings is 1. The lowest BCUT2D eigenvalue weighted by Gasteiger charge is -2.29. The molecule has 0 saturated carbocycles. The van der Waals surface area contributed by atoms with E-state index >= 15 is 0 Å². The van der Waals surface area contributed by atoms with Gasteiger partial charge < -0.3 is 15.0 Å². The number of hydrogen-bond acceptors (Lipinski definition) is 5. The van der Waals surface area contributed by atoms with Gasteiger partial charge in [0.25, 0.3) is 5.56 Å². The summed E-state index contributed by atoms with van der Waals surface area (Å²) in [6.07, 6.45) is 1.67. The minimum absolute atomic E-state index is 0.148. The summed E-state index contributed by atoms with van der Waals surface area (Å²) >= 11 is 3.37. The van der Waals surface area contributed by atoms with Crippen LogP contribution in [0.5, 0.6) is 0 Å². The Kier molecular flexibility index (Phi) is 5.92. The Labute approximate surface area is 176 Å². The van der Waals surface area contributed by atoms with Crippen molar-refractivity contribution in [2.24, 2.45) is 0 Å². The fourth-order valence-corrected chi connectivity index (χ4v) is 3.70. The molecule has 2 heterocycles. The Morgan fingerprint density at radius 1 is 1.17 bits per heavy atom. The standard InChI is InChI=1S/C21H21BrN4O3/c22-15-4-5-19-18(12-15)21(28)26(14-23-19)7-6-20(27)24-16-2-1-3-17(13-16)25-8-10-29-11-9-25/h1-5,12-14H,6-11H2,(H,24,27). The van der Waals surface area contributed by atoms with Gasteiger partial charge >= 0.3 is 0 Å². The number of amides is 1. The van der Waals surface area contributed by atoms with Crippen molar-refractivity contribution >= 4 is 44.1 Å². The molecule has 1 fully saturated rings. The summed E-state index contributed by atoms with van der Waals surface area (Å²) in [5.74, 6) is -0.148. The highest BCUT2D eigenvalue weighted by Gasteiger charge is 2.12. The highest BCUT2D eigenvalue weighted by molar-refractivity contribution is 9.10. The first-order valence-corrected chi connectivity index (χ1v) is 10.3. The van der Waals surface area contributed by atoms with Gasteiger partial charge in [-0.25, -0.2) is 4.98 Å². The topological polar surface area (TPSA) is 76.5 Å². The molecule has 0 bridgehead atoms. The van der Waals surface area contributed by atoms with E-state index in [2.05, 4.69) is 31.1 Å². The molecular weight excluding hydrogens is 436 g/mol. The lowest BCUT2D eigenvalue weighted by Crippen LogP contribution is -2.36. The van der Waals surface area contributed by atoms with E-state index in [1.807, 2.05) is 30.3 Å². The highest BCUT2D eigenvalue weighted by atomic mass is 79.9. The van der Waals surface area contributed by atoms with Crippen molar-refractivity contribution in [3.63, 3.8) is 0 Å². The predicted molar refractivity (Wildman–Crippen MR) is 116 cm³/mol. The van der Waals surface area contributed by atoms with Crippen molar-refractivity contribution in [3.8, 4) is 0 Å². The van der Waals surface area contributed by atoms with Crippen LogP contribution in [0.3, 0.4) is 0 Å². The number of carbonyl (C=O) groups excluding carboxylic acids is 1. The quantitative estimate of drug-likeness (QED) is 0.638. The molecule has 0 radical (unpaired) electrons. The van der Waals surface area contributed by atoms with Gasteiger partial charge in [0.1, 0.15) is 0 Å². The Morgan fingerprint density at radius 3 is 2.83 bits per heavy atom. The largest absolute Gasteiger partial charge is 0.378 e. The van der Waals surface area contributed by atoms with Gasteiger partial charge in [-0.15, -0.1) is 0 Å². The van der Waals surface area contributed by atoms with E-state index in [-0.39, 0.29) is 24.4 Å². The van der Waals surface area contributed by atoms with Crippen LogP contribution in [-0.4, -0.2) is 41.8 Å². The first-order chi connectivity index (χ1) is 14.1. The van der Waals surface area contributed by atoms with Crippen LogP contribution in [0.1, 0.15) is 6.42 Å². The van der Waals surface area contributed by atoms with Crippen molar-refractivity contribution in [2.75, 3.05) is 36.5 Å². The fraction of sp³-hybridized carbons (Fsp3) is 0.286. The molecule has 8 heteroatoms. The molecular formula is C21H21BrN4O3. The van der Waals surface area contributed by atoms with E-state index in [1.165, 1.54) is 10.9 Å². The number of anilines is 2. The van der Waals surface area contributed by atoms with Crippen molar-refractivity contribution in [1.29, 1.82) is 0 Å². The summed E-state index contributed by atoms with van der Waals surface area (Å²) in [5, 5.41) is 3.45. The van der Waals surface area contributed by atoms with Crippen molar-refractivity contribution in [1.82, 2.24) is 9.55 Å². The fourth-order valence-electron chi connectivity index (χ4n) is 3.34. The molecule has 4 rings (SSSR count). The number of ether oxygens (including phenoxy) is 1. The SMILES string of the molecule is O=C(CCn1cnc2ccc(Br)cc2c1=O)Nc1cccc(N2CCOCC2)c1. The van der Waals surface area contributed by atoms with Gasteiger partial charge in [-0.1, -0.05) is 22.0 Å². The van der Waals surface area contributed by atoms with Crippen LogP contribution in [0.4, 0.5) is 11.4 Å². The molecule has 0 spiro atoms. The lowest BCUT2D eigenvalue weighted by atomic mass is 10.2. The second kappa shape index (κ2) is 8.75. The van der Waals surface area contributed by atoms with Gasteiger partial charge in [-0.05, 0) is 36.4 Å². The number of carbonyl (C=O) groups is 1. The first-order valence-electron chi connectivity index (χ1n) is 9.47. The van der Waals surface area contributed by atoms with E-state index in [0.717, 1.165) is 28.9 Å². The van der Waals surface area contributed by atoms with Crippen LogP contribution in [-0.2, 0) is 16.1 Å². The molecule has 1 aliphatic heterocycles. The van der Waals surface area contributed by atoms with Gasteiger partial charge in [-0.3, -0.25) is 14.2 Å². The number of nitrogens with one attached hydrogen (secondary N) is 1. The molecule has 7 nitrogen and oxygen atoms in total. The Balaban J connectivity index is 1.41. The van der Waals surface area contributed by atoms with Crippen molar-refractivity contribution < 1.29 is 9.53 Å². The molecule has 1 saturated heterocycles. The summed E-state index contributed by atoms with van der Waals surface area (Å²) in [6, 6.07) is 13.2. The number of aromatic nitrogens is 2. The lowest BCUT2D eigenvalue weighted by molar-refractivity contribution is -0.116. The van der Waals surface area contributed by atoms with Crippen molar-refractivity contribution in [2.45, 2.75) is 13.0 Å². The van der Waals surface area contributed by atoms with Crippen LogP contribution < -0.4 is 15.8 Å². The third-order valence-electron chi connectivity index (χ3n) is 4.87. The third kappa shape index (κ3) is 4.65. The maximum atomic E-state index is 12.6.